The second-order valence-electron chi connectivity index (χ2n) is 7.22. The van der Waals surface area contributed by atoms with E-state index in [0.717, 1.165) is 24.9 Å². The molecule has 22 heavy (non-hydrogen) atoms. The lowest BCUT2D eigenvalue weighted by Gasteiger charge is -2.37. The molecule has 1 aliphatic heterocycles. The van der Waals surface area contributed by atoms with Crippen LogP contribution in [-0.2, 0) is 11.2 Å². The molecule has 0 unspecified atom stereocenters. The van der Waals surface area contributed by atoms with Crippen molar-refractivity contribution in [1.29, 1.82) is 0 Å². The van der Waals surface area contributed by atoms with Gasteiger partial charge in [0.1, 0.15) is 0 Å². The van der Waals surface area contributed by atoms with Gasteiger partial charge >= 0.3 is 0 Å². The average Bonchev–Trinajstić information content (AvgIpc) is 2.58. The summed E-state index contributed by atoms with van der Waals surface area (Å²) in [4.78, 5) is 14.6. The Labute approximate surface area is 134 Å². The Morgan fingerprint density at radius 1 is 1.00 bits per heavy atom. The lowest BCUT2D eigenvalue weighted by Crippen LogP contribution is -2.41. The fourth-order valence-electron chi connectivity index (χ4n) is 4.31. The molecular formula is C20H29NO. The second-order valence-corrected chi connectivity index (χ2v) is 7.22. The molecule has 0 bridgehead atoms. The van der Waals surface area contributed by atoms with Gasteiger partial charge in [-0.3, -0.25) is 4.79 Å². The number of nitrogens with zero attached hydrogens (tertiary/aromatic N) is 1. The van der Waals surface area contributed by atoms with Crippen LogP contribution in [0.1, 0.15) is 56.1 Å². The molecule has 1 aliphatic carbocycles. The molecule has 1 saturated carbocycles. The highest BCUT2D eigenvalue weighted by molar-refractivity contribution is 5.79. The van der Waals surface area contributed by atoms with E-state index in [1.165, 1.54) is 56.1 Å². The fraction of sp³-hybridized carbons (Fsp3) is 0.650. The van der Waals surface area contributed by atoms with Crippen LogP contribution in [0.2, 0.25) is 0 Å². The summed E-state index contributed by atoms with van der Waals surface area (Å²) >= 11 is 0. The molecule has 1 heterocycles. The van der Waals surface area contributed by atoms with Crippen molar-refractivity contribution in [3.63, 3.8) is 0 Å². The van der Waals surface area contributed by atoms with Gasteiger partial charge < -0.3 is 4.90 Å². The number of benzene rings is 1. The number of amides is 1. The summed E-state index contributed by atoms with van der Waals surface area (Å²) in [5.41, 5.74) is 2.41. The van der Waals surface area contributed by atoms with Gasteiger partial charge in [-0.15, -0.1) is 0 Å². The molecule has 0 N–H and O–H groups in total. The molecule has 120 valence electrons. The lowest BCUT2D eigenvalue weighted by molar-refractivity contribution is -0.132. The summed E-state index contributed by atoms with van der Waals surface area (Å²) < 4.78 is 0. The van der Waals surface area contributed by atoms with Crippen LogP contribution < -0.4 is 0 Å². The van der Waals surface area contributed by atoms with E-state index in [9.17, 15) is 4.79 Å². The maximum absolute atomic E-state index is 12.5. The van der Waals surface area contributed by atoms with Gasteiger partial charge in [-0.25, -0.2) is 0 Å². The van der Waals surface area contributed by atoms with Crippen LogP contribution in [0.25, 0.3) is 0 Å². The van der Waals surface area contributed by atoms with Crippen molar-refractivity contribution in [2.24, 2.45) is 11.8 Å². The van der Waals surface area contributed by atoms with Crippen molar-refractivity contribution < 1.29 is 4.79 Å². The van der Waals surface area contributed by atoms with Crippen molar-refractivity contribution in [3.8, 4) is 0 Å². The minimum absolute atomic E-state index is 0.316. The van der Waals surface area contributed by atoms with E-state index < -0.39 is 0 Å². The first-order valence-corrected chi connectivity index (χ1v) is 9.06. The van der Waals surface area contributed by atoms with Crippen molar-refractivity contribution >= 4 is 5.91 Å². The van der Waals surface area contributed by atoms with Crippen LogP contribution in [0, 0.1) is 18.8 Å². The number of rotatable bonds is 3. The van der Waals surface area contributed by atoms with Crippen LogP contribution in [-0.4, -0.2) is 23.9 Å². The molecule has 0 radical (unpaired) electrons. The van der Waals surface area contributed by atoms with E-state index >= 15 is 0 Å². The summed E-state index contributed by atoms with van der Waals surface area (Å²) in [6.45, 7) is 4.05. The quantitative estimate of drug-likeness (QED) is 0.812. The van der Waals surface area contributed by atoms with Gasteiger partial charge in [-0.05, 0) is 42.7 Å². The Morgan fingerprint density at radius 3 is 2.32 bits per heavy atom. The standard InChI is InChI=1S/C20H29NO/c1-16-7-5-6-10-19(16)15-20(22)21-13-11-18(12-14-21)17-8-3-2-4-9-17/h5-7,10,17-18H,2-4,8-9,11-15H2,1H3. The number of carbonyl (C=O) groups is 1. The molecule has 0 aromatic heterocycles. The molecule has 0 spiro atoms. The topological polar surface area (TPSA) is 20.3 Å². The van der Waals surface area contributed by atoms with Crippen molar-refractivity contribution in [1.82, 2.24) is 4.90 Å². The Bertz CT molecular complexity index is 496. The van der Waals surface area contributed by atoms with Crippen LogP contribution in [0.3, 0.4) is 0 Å². The van der Waals surface area contributed by atoms with Gasteiger partial charge in [0.25, 0.3) is 0 Å². The van der Waals surface area contributed by atoms with Gasteiger partial charge in [-0.1, -0.05) is 56.4 Å². The third kappa shape index (κ3) is 3.71. The monoisotopic (exact) mass is 299 g/mol. The number of piperidine rings is 1. The highest BCUT2D eigenvalue weighted by Gasteiger charge is 2.29. The summed E-state index contributed by atoms with van der Waals surface area (Å²) in [6.07, 6.45) is 10.2. The minimum atomic E-state index is 0.316. The predicted molar refractivity (Wildman–Crippen MR) is 90.8 cm³/mol. The molecule has 2 fully saturated rings. The van der Waals surface area contributed by atoms with Crippen LogP contribution in [0.4, 0.5) is 0 Å². The smallest absolute Gasteiger partial charge is 0.226 e. The van der Waals surface area contributed by atoms with Gasteiger partial charge in [0.2, 0.25) is 5.91 Å². The molecule has 1 saturated heterocycles. The largest absolute Gasteiger partial charge is 0.342 e. The second kappa shape index (κ2) is 7.30. The molecule has 1 aromatic carbocycles. The van der Waals surface area contributed by atoms with Gasteiger partial charge in [-0.2, -0.15) is 0 Å². The number of hydrogen-bond donors (Lipinski definition) is 0. The fourth-order valence-corrected chi connectivity index (χ4v) is 4.31. The summed E-state index contributed by atoms with van der Waals surface area (Å²) in [7, 11) is 0. The summed E-state index contributed by atoms with van der Waals surface area (Å²) in [5.74, 6) is 2.14. The normalized spacial score (nSPS) is 21.0. The third-order valence-electron chi connectivity index (χ3n) is 5.81. The molecule has 0 atom stereocenters. The minimum Gasteiger partial charge on any atom is -0.342 e. The zero-order valence-electron chi connectivity index (χ0n) is 13.9. The van der Waals surface area contributed by atoms with Crippen LogP contribution >= 0.6 is 0 Å². The van der Waals surface area contributed by atoms with Crippen molar-refractivity contribution in [2.75, 3.05) is 13.1 Å². The number of carbonyl (C=O) groups excluding carboxylic acids is 1. The van der Waals surface area contributed by atoms with Gasteiger partial charge in [0.05, 0.1) is 6.42 Å². The van der Waals surface area contributed by atoms with E-state index in [4.69, 9.17) is 0 Å². The zero-order valence-corrected chi connectivity index (χ0v) is 13.9. The Kier molecular flexibility index (Phi) is 5.17. The van der Waals surface area contributed by atoms with E-state index in [2.05, 4.69) is 24.0 Å². The Balaban J connectivity index is 1.50. The number of aryl methyl sites for hydroxylation is 1. The van der Waals surface area contributed by atoms with E-state index in [-0.39, 0.29) is 0 Å². The van der Waals surface area contributed by atoms with Crippen LogP contribution in [0.15, 0.2) is 24.3 Å². The van der Waals surface area contributed by atoms with Gasteiger partial charge in [0.15, 0.2) is 0 Å². The van der Waals surface area contributed by atoms with Crippen molar-refractivity contribution in [3.05, 3.63) is 35.4 Å². The first-order valence-electron chi connectivity index (χ1n) is 9.06. The number of hydrogen-bond acceptors (Lipinski definition) is 1. The van der Waals surface area contributed by atoms with E-state index in [1.807, 2.05) is 12.1 Å². The third-order valence-corrected chi connectivity index (χ3v) is 5.81. The highest BCUT2D eigenvalue weighted by atomic mass is 16.2. The molecule has 3 rings (SSSR count). The number of likely N-dealkylation sites (tertiary alicyclic amines) is 1. The van der Waals surface area contributed by atoms with E-state index in [0.29, 0.717) is 12.3 Å². The SMILES string of the molecule is Cc1ccccc1CC(=O)N1CCC(C2CCCCC2)CC1. The Morgan fingerprint density at radius 2 is 1.64 bits per heavy atom. The maximum atomic E-state index is 12.5. The molecule has 2 nitrogen and oxygen atoms in total. The van der Waals surface area contributed by atoms with Crippen LogP contribution in [0.5, 0.6) is 0 Å². The Hall–Kier alpha value is -1.31. The molecule has 1 amide bonds. The van der Waals surface area contributed by atoms with E-state index in [1.54, 1.807) is 0 Å². The summed E-state index contributed by atoms with van der Waals surface area (Å²) in [6, 6.07) is 8.25. The zero-order chi connectivity index (χ0) is 15.4. The molecular weight excluding hydrogens is 270 g/mol. The summed E-state index contributed by atoms with van der Waals surface area (Å²) in [5, 5.41) is 0. The van der Waals surface area contributed by atoms with Gasteiger partial charge in [0, 0.05) is 13.1 Å². The highest BCUT2D eigenvalue weighted by Crippen LogP contribution is 2.35. The maximum Gasteiger partial charge on any atom is 0.226 e. The first kappa shape index (κ1) is 15.6. The average molecular weight is 299 g/mol. The molecule has 2 aliphatic rings. The predicted octanol–water partition coefficient (Wildman–Crippen LogP) is 4.36. The van der Waals surface area contributed by atoms with Crippen molar-refractivity contribution in [2.45, 2.75) is 58.3 Å². The lowest BCUT2D eigenvalue weighted by atomic mass is 9.76. The molecule has 2 heteroatoms. The first-order chi connectivity index (χ1) is 10.7. The molecule has 1 aromatic rings.